The number of hydrogen-bond donors (Lipinski definition) is 0. The van der Waals surface area contributed by atoms with E-state index in [1.165, 1.54) is 33.4 Å². The standard InChI is InChI=1S/C41H32N2O2/c1-44-35-11-7-9-29(25-35)27-42-33-21-17-31(18-22-33)41(39-15-5-3-13-37(39)38-14-4-6-16-40(38)41)32-19-23-34(24-20-32)43-28-30-10-8-12-36(26-30)45-2/h3-28H,1-2H3. The summed E-state index contributed by atoms with van der Waals surface area (Å²) in [5, 5.41) is 0. The Balaban J connectivity index is 1.30. The maximum absolute atomic E-state index is 5.37. The molecule has 0 bridgehead atoms. The van der Waals surface area contributed by atoms with E-state index in [0.717, 1.165) is 34.0 Å². The van der Waals surface area contributed by atoms with Crippen molar-refractivity contribution in [3.05, 3.63) is 179 Å². The summed E-state index contributed by atoms with van der Waals surface area (Å²) in [4.78, 5) is 9.53. The molecule has 0 fully saturated rings. The Hall–Kier alpha value is -5.74. The molecule has 1 aliphatic carbocycles. The molecule has 45 heavy (non-hydrogen) atoms. The molecule has 0 heterocycles. The highest BCUT2D eigenvalue weighted by Gasteiger charge is 2.45. The minimum Gasteiger partial charge on any atom is -0.497 e. The summed E-state index contributed by atoms with van der Waals surface area (Å²) >= 11 is 0. The number of nitrogens with zero attached hydrogens (tertiary/aromatic N) is 2. The Morgan fingerprint density at radius 1 is 0.467 bits per heavy atom. The Bertz CT molecular complexity index is 1880. The third-order valence-corrected chi connectivity index (χ3v) is 8.47. The van der Waals surface area contributed by atoms with Gasteiger partial charge in [-0.05, 0) is 93.0 Å². The van der Waals surface area contributed by atoms with Crippen molar-refractivity contribution in [1.82, 2.24) is 0 Å². The predicted molar refractivity (Wildman–Crippen MR) is 184 cm³/mol. The maximum Gasteiger partial charge on any atom is 0.119 e. The zero-order valence-corrected chi connectivity index (χ0v) is 25.2. The van der Waals surface area contributed by atoms with E-state index in [0.29, 0.717) is 0 Å². The lowest BCUT2D eigenvalue weighted by Crippen LogP contribution is -2.28. The number of rotatable bonds is 8. The van der Waals surface area contributed by atoms with Gasteiger partial charge in [-0.2, -0.15) is 0 Å². The van der Waals surface area contributed by atoms with Crippen LogP contribution in [-0.4, -0.2) is 26.6 Å². The summed E-state index contributed by atoms with van der Waals surface area (Å²) in [6.45, 7) is 0. The van der Waals surface area contributed by atoms with Gasteiger partial charge in [0.05, 0.1) is 31.0 Å². The molecule has 6 aromatic carbocycles. The van der Waals surface area contributed by atoms with Crippen LogP contribution in [0.1, 0.15) is 33.4 Å². The molecule has 0 amide bonds. The highest BCUT2D eigenvalue weighted by molar-refractivity contribution is 5.87. The van der Waals surface area contributed by atoms with Crippen molar-refractivity contribution < 1.29 is 9.47 Å². The van der Waals surface area contributed by atoms with E-state index in [1.54, 1.807) is 14.2 Å². The molecule has 0 radical (unpaired) electrons. The summed E-state index contributed by atoms with van der Waals surface area (Å²) in [5.41, 5.74) is 10.7. The molecular weight excluding hydrogens is 552 g/mol. The van der Waals surface area contributed by atoms with Crippen molar-refractivity contribution in [2.24, 2.45) is 9.98 Å². The summed E-state index contributed by atoms with van der Waals surface area (Å²) in [5.74, 6) is 1.62. The van der Waals surface area contributed by atoms with Crippen LogP contribution in [0.2, 0.25) is 0 Å². The van der Waals surface area contributed by atoms with E-state index in [-0.39, 0.29) is 0 Å². The zero-order chi connectivity index (χ0) is 30.6. The van der Waals surface area contributed by atoms with Crippen LogP contribution in [-0.2, 0) is 5.41 Å². The van der Waals surface area contributed by atoms with Gasteiger partial charge in [-0.1, -0.05) is 97.1 Å². The van der Waals surface area contributed by atoms with Crippen LogP contribution >= 0.6 is 0 Å². The lowest BCUT2D eigenvalue weighted by Gasteiger charge is -2.34. The van der Waals surface area contributed by atoms with Gasteiger partial charge in [0.1, 0.15) is 11.5 Å². The second-order valence-corrected chi connectivity index (χ2v) is 11.0. The normalized spacial score (nSPS) is 13.1. The van der Waals surface area contributed by atoms with Crippen molar-refractivity contribution >= 4 is 23.8 Å². The summed E-state index contributed by atoms with van der Waals surface area (Å²) in [7, 11) is 3.35. The fourth-order valence-corrected chi connectivity index (χ4v) is 6.36. The molecule has 0 aromatic heterocycles. The van der Waals surface area contributed by atoms with E-state index in [9.17, 15) is 0 Å². The average molecular weight is 585 g/mol. The van der Waals surface area contributed by atoms with Crippen LogP contribution in [0.15, 0.2) is 156 Å². The molecule has 1 aliphatic rings. The van der Waals surface area contributed by atoms with Crippen LogP contribution in [0.5, 0.6) is 11.5 Å². The summed E-state index contributed by atoms with van der Waals surface area (Å²) < 4.78 is 10.7. The van der Waals surface area contributed by atoms with Crippen molar-refractivity contribution in [2.75, 3.05) is 14.2 Å². The molecule has 0 N–H and O–H groups in total. The Morgan fingerprint density at radius 2 is 0.889 bits per heavy atom. The first-order valence-electron chi connectivity index (χ1n) is 15.0. The Kier molecular flexibility index (Phi) is 7.54. The van der Waals surface area contributed by atoms with Gasteiger partial charge < -0.3 is 9.47 Å². The fraction of sp³-hybridized carbons (Fsp3) is 0.0732. The number of hydrogen-bond acceptors (Lipinski definition) is 4. The van der Waals surface area contributed by atoms with Gasteiger partial charge in [0.15, 0.2) is 0 Å². The maximum atomic E-state index is 5.37. The summed E-state index contributed by atoms with van der Waals surface area (Å²) in [6.07, 6.45) is 3.75. The second kappa shape index (κ2) is 12.1. The average Bonchev–Trinajstić information content (AvgIpc) is 3.41. The van der Waals surface area contributed by atoms with E-state index >= 15 is 0 Å². The Morgan fingerprint density at radius 3 is 1.31 bits per heavy atom. The van der Waals surface area contributed by atoms with Crippen LogP contribution in [0.25, 0.3) is 11.1 Å². The molecule has 4 nitrogen and oxygen atoms in total. The fourth-order valence-electron chi connectivity index (χ4n) is 6.36. The lowest BCUT2D eigenvalue weighted by atomic mass is 9.67. The van der Waals surface area contributed by atoms with E-state index in [2.05, 4.69) is 97.1 Å². The molecule has 218 valence electrons. The first kappa shape index (κ1) is 28.1. The molecule has 0 unspecified atom stereocenters. The molecule has 0 spiro atoms. The molecule has 0 saturated heterocycles. The van der Waals surface area contributed by atoms with Gasteiger partial charge in [0, 0.05) is 12.4 Å². The largest absolute Gasteiger partial charge is 0.497 e. The van der Waals surface area contributed by atoms with Gasteiger partial charge in [-0.3, -0.25) is 9.98 Å². The molecule has 6 aromatic rings. The van der Waals surface area contributed by atoms with Crippen molar-refractivity contribution in [3.63, 3.8) is 0 Å². The number of methoxy groups -OCH3 is 2. The lowest BCUT2D eigenvalue weighted by molar-refractivity contribution is 0.414. The second-order valence-electron chi connectivity index (χ2n) is 11.0. The third-order valence-electron chi connectivity index (χ3n) is 8.47. The van der Waals surface area contributed by atoms with Gasteiger partial charge >= 0.3 is 0 Å². The molecule has 0 atom stereocenters. The quantitative estimate of drug-likeness (QED) is 0.167. The third kappa shape index (κ3) is 5.21. The van der Waals surface area contributed by atoms with Crippen LogP contribution in [0, 0.1) is 0 Å². The number of fused-ring (bicyclic) bond motifs is 3. The number of ether oxygens (including phenoxy) is 2. The zero-order valence-electron chi connectivity index (χ0n) is 25.2. The number of benzene rings is 6. The van der Waals surface area contributed by atoms with Crippen LogP contribution in [0.4, 0.5) is 11.4 Å². The minimum atomic E-state index is -0.489. The minimum absolute atomic E-state index is 0.489. The van der Waals surface area contributed by atoms with E-state index in [1.807, 2.05) is 61.0 Å². The monoisotopic (exact) mass is 584 g/mol. The smallest absolute Gasteiger partial charge is 0.119 e. The highest BCUT2D eigenvalue weighted by Crippen LogP contribution is 2.56. The highest BCUT2D eigenvalue weighted by atomic mass is 16.5. The van der Waals surface area contributed by atoms with Gasteiger partial charge in [0.25, 0.3) is 0 Å². The SMILES string of the molecule is COc1cccc(C=Nc2ccc(C3(c4ccc(N=Cc5cccc(OC)c5)cc4)c4ccccc4-c4ccccc43)cc2)c1. The van der Waals surface area contributed by atoms with Crippen molar-refractivity contribution in [1.29, 1.82) is 0 Å². The molecule has 7 rings (SSSR count). The van der Waals surface area contributed by atoms with Crippen molar-refractivity contribution in [2.45, 2.75) is 5.41 Å². The van der Waals surface area contributed by atoms with Crippen molar-refractivity contribution in [3.8, 4) is 22.6 Å². The van der Waals surface area contributed by atoms with E-state index in [4.69, 9.17) is 19.5 Å². The molecular formula is C41H32N2O2. The van der Waals surface area contributed by atoms with Gasteiger partial charge in [-0.25, -0.2) is 0 Å². The first-order chi connectivity index (χ1) is 22.2. The van der Waals surface area contributed by atoms with E-state index < -0.39 is 5.41 Å². The Labute approximate surface area is 264 Å². The van der Waals surface area contributed by atoms with Crippen LogP contribution < -0.4 is 9.47 Å². The predicted octanol–water partition coefficient (Wildman–Crippen LogP) is 9.57. The molecule has 0 saturated carbocycles. The molecule has 4 heteroatoms. The first-order valence-corrected chi connectivity index (χ1v) is 15.0. The van der Waals surface area contributed by atoms with Crippen LogP contribution in [0.3, 0.4) is 0 Å². The van der Waals surface area contributed by atoms with Gasteiger partial charge in [0.2, 0.25) is 0 Å². The molecule has 0 aliphatic heterocycles. The van der Waals surface area contributed by atoms with Gasteiger partial charge in [-0.15, -0.1) is 0 Å². The summed E-state index contributed by atoms with van der Waals surface area (Å²) in [6, 6.07) is 50.6. The topological polar surface area (TPSA) is 43.2 Å². The number of aliphatic imine (C=N–C) groups is 2.